The van der Waals surface area contributed by atoms with Crippen molar-refractivity contribution in [1.82, 2.24) is 4.98 Å². The van der Waals surface area contributed by atoms with Gasteiger partial charge in [-0.15, -0.1) is 11.8 Å². The lowest BCUT2D eigenvalue weighted by atomic mass is 10.1. The third-order valence-corrected chi connectivity index (χ3v) is 7.61. The molecule has 0 atom stereocenters. The minimum Gasteiger partial charge on any atom is -0.493 e. The van der Waals surface area contributed by atoms with Crippen molar-refractivity contribution in [2.45, 2.75) is 4.90 Å². The normalized spacial score (nSPS) is 14.6. The molecule has 0 N–H and O–H groups in total. The van der Waals surface area contributed by atoms with E-state index in [9.17, 15) is 4.79 Å². The highest BCUT2D eigenvalue weighted by atomic mass is 35.5. The van der Waals surface area contributed by atoms with Gasteiger partial charge in [-0.05, 0) is 60.2 Å². The predicted octanol–water partition coefficient (Wildman–Crippen LogP) is 6.55. The van der Waals surface area contributed by atoms with E-state index in [4.69, 9.17) is 26.2 Å². The molecule has 0 aliphatic carbocycles. The number of aromatic nitrogens is 1. The summed E-state index contributed by atoms with van der Waals surface area (Å²) in [6.07, 6.45) is 1.83. The number of thiazole rings is 1. The number of halogens is 1. The van der Waals surface area contributed by atoms with Gasteiger partial charge in [0.2, 0.25) is 5.13 Å². The number of carbonyl (C=O) groups excluding carboxylic acids is 1. The predicted molar refractivity (Wildman–Crippen MR) is 144 cm³/mol. The summed E-state index contributed by atoms with van der Waals surface area (Å²) in [5, 5.41) is 7.32. The van der Waals surface area contributed by atoms with Crippen LogP contribution in [0.2, 0.25) is 5.02 Å². The summed E-state index contributed by atoms with van der Waals surface area (Å²) in [6, 6.07) is 20.9. The van der Waals surface area contributed by atoms with E-state index in [1.807, 2.05) is 72.8 Å². The molecule has 1 amide bonds. The quantitative estimate of drug-likeness (QED) is 0.204. The fourth-order valence-corrected chi connectivity index (χ4v) is 5.47. The average Bonchev–Trinajstić information content (AvgIpc) is 3.44. The van der Waals surface area contributed by atoms with Gasteiger partial charge >= 0.3 is 0 Å². The lowest BCUT2D eigenvalue weighted by molar-refractivity contribution is -0.114. The molecule has 5 rings (SSSR count). The molecule has 0 spiro atoms. The molecule has 2 heterocycles. The molecule has 1 aliphatic heterocycles. The largest absolute Gasteiger partial charge is 0.493 e. The molecule has 0 fully saturated rings. The molecule has 35 heavy (non-hydrogen) atoms. The van der Waals surface area contributed by atoms with Crippen molar-refractivity contribution in [3.63, 3.8) is 0 Å². The number of anilines is 1. The van der Waals surface area contributed by atoms with E-state index < -0.39 is 0 Å². The number of hydrogen-bond acceptors (Lipinski definition) is 7. The van der Waals surface area contributed by atoms with Crippen LogP contribution in [0.25, 0.3) is 16.3 Å². The summed E-state index contributed by atoms with van der Waals surface area (Å²) in [5.74, 6) is 1.50. The molecule has 0 saturated carbocycles. The molecule has 0 bridgehead atoms. The van der Waals surface area contributed by atoms with Gasteiger partial charge in [-0.25, -0.2) is 4.98 Å². The fraction of sp³-hybridized carbons (Fsp3) is 0.115. The van der Waals surface area contributed by atoms with Gasteiger partial charge in [-0.3, -0.25) is 4.79 Å². The SMILES string of the molecule is COc1ccc(C=C2C(=O)N(c3nc4ccccc4s3)N=C2CSc2ccc(Cl)cc2)cc1OC. The maximum atomic E-state index is 13.6. The van der Waals surface area contributed by atoms with Crippen LogP contribution in [0.3, 0.4) is 0 Å². The van der Waals surface area contributed by atoms with E-state index in [1.165, 1.54) is 16.3 Å². The number of nitrogens with zero attached hydrogens (tertiary/aromatic N) is 3. The minimum absolute atomic E-state index is 0.217. The number of rotatable bonds is 7. The number of fused-ring (bicyclic) bond motifs is 1. The van der Waals surface area contributed by atoms with Gasteiger partial charge in [-0.2, -0.15) is 10.1 Å². The average molecular weight is 522 g/mol. The summed E-state index contributed by atoms with van der Waals surface area (Å²) in [5.41, 5.74) is 2.83. The monoisotopic (exact) mass is 521 g/mol. The van der Waals surface area contributed by atoms with Crippen LogP contribution in [0.1, 0.15) is 5.56 Å². The van der Waals surface area contributed by atoms with Crippen LogP contribution < -0.4 is 14.5 Å². The highest BCUT2D eigenvalue weighted by Crippen LogP contribution is 2.35. The molecule has 0 saturated heterocycles. The van der Waals surface area contributed by atoms with Gasteiger partial charge in [0.1, 0.15) is 0 Å². The second-order valence-corrected chi connectivity index (χ2v) is 10.0. The Kier molecular flexibility index (Phi) is 6.77. The van der Waals surface area contributed by atoms with Crippen LogP contribution in [0.4, 0.5) is 5.13 Å². The zero-order valence-electron chi connectivity index (χ0n) is 18.9. The molecular weight excluding hydrogens is 502 g/mol. The first kappa shape index (κ1) is 23.4. The molecule has 3 aromatic carbocycles. The van der Waals surface area contributed by atoms with E-state index in [0.29, 0.717) is 38.7 Å². The highest BCUT2D eigenvalue weighted by Gasteiger charge is 2.33. The van der Waals surface area contributed by atoms with Crippen LogP contribution >= 0.6 is 34.7 Å². The number of amides is 1. The third kappa shape index (κ3) is 4.91. The Bertz CT molecular complexity index is 1430. The third-order valence-electron chi connectivity index (χ3n) is 5.33. The van der Waals surface area contributed by atoms with Crippen molar-refractivity contribution in [3.8, 4) is 11.5 Å². The number of carbonyl (C=O) groups is 1. The Morgan fingerprint density at radius 1 is 1.03 bits per heavy atom. The molecule has 0 radical (unpaired) electrons. The van der Waals surface area contributed by atoms with E-state index >= 15 is 0 Å². The van der Waals surface area contributed by atoms with Crippen molar-refractivity contribution in [3.05, 3.63) is 82.9 Å². The Morgan fingerprint density at radius 2 is 1.80 bits per heavy atom. The minimum atomic E-state index is -0.217. The molecule has 4 aromatic rings. The molecule has 1 aromatic heterocycles. The Labute approximate surface area is 215 Å². The van der Waals surface area contributed by atoms with Gasteiger partial charge < -0.3 is 9.47 Å². The Balaban J connectivity index is 1.51. The van der Waals surface area contributed by atoms with Gasteiger partial charge in [0.05, 0.1) is 35.7 Å². The van der Waals surface area contributed by atoms with Crippen molar-refractivity contribution in [2.24, 2.45) is 5.10 Å². The Hall–Kier alpha value is -3.33. The lowest BCUT2D eigenvalue weighted by Crippen LogP contribution is -2.21. The van der Waals surface area contributed by atoms with Crippen LogP contribution in [-0.4, -0.2) is 36.6 Å². The molecule has 176 valence electrons. The van der Waals surface area contributed by atoms with Crippen LogP contribution in [0.5, 0.6) is 11.5 Å². The first-order valence-electron chi connectivity index (χ1n) is 10.7. The van der Waals surface area contributed by atoms with E-state index in [2.05, 4.69) is 4.98 Å². The smallest absolute Gasteiger partial charge is 0.282 e. The summed E-state index contributed by atoms with van der Waals surface area (Å²) in [7, 11) is 3.17. The first-order chi connectivity index (χ1) is 17.1. The summed E-state index contributed by atoms with van der Waals surface area (Å²) < 4.78 is 11.8. The van der Waals surface area contributed by atoms with Gasteiger partial charge in [0.25, 0.3) is 5.91 Å². The summed E-state index contributed by atoms with van der Waals surface area (Å²) in [6.45, 7) is 0. The number of hydrazone groups is 1. The Morgan fingerprint density at radius 3 is 2.54 bits per heavy atom. The van der Waals surface area contributed by atoms with Crippen LogP contribution in [0.15, 0.2) is 82.3 Å². The maximum Gasteiger partial charge on any atom is 0.282 e. The molecule has 6 nitrogen and oxygen atoms in total. The molecule has 9 heteroatoms. The van der Waals surface area contributed by atoms with E-state index in [-0.39, 0.29) is 5.91 Å². The van der Waals surface area contributed by atoms with Crippen LogP contribution in [0, 0.1) is 0 Å². The van der Waals surface area contributed by atoms with Crippen molar-refractivity contribution >= 4 is 67.7 Å². The highest BCUT2D eigenvalue weighted by molar-refractivity contribution is 8.00. The van der Waals surface area contributed by atoms with Crippen LogP contribution in [-0.2, 0) is 4.79 Å². The zero-order valence-corrected chi connectivity index (χ0v) is 21.3. The van der Waals surface area contributed by atoms with Crippen molar-refractivity contribution in [1.29, 1.82) is 0 Å². The number of para-hydroxylation sites is 1. The number of benzene rings is 3. The van der Waals surface area contributed by atoms with Gasteiger partial charge in [0.15, 0.2) is 11.5 Å². The number of thioether (sulfide) groups is 1. The lowest BCUT2D eigenvalue weighted by Gasteiger charge is -2.09. The molecular formula is C26H20ClN3O3S2. The summed E-state index contributed by atoms with van der Waals surface area (Å²) >= 11 is 9.05. The topological polar surface area (TPSA) is 64.0 Å². The fourth-order valence-electron chi connectivity index (χ4n) is 3.58. The molecule has 0 unspecified atom stereocenters. The number of ether oxygens (including phenoxy) is 2. The second-order valence-electron chi connectivity index (χ2n) is 7.54. The van der Waals surface area contributed by atoms with E-state index in [0.717, 1.165) is 20.7 Å². The van der Waals surface area contributed by atoms with Gasteiger partial charge in [0, 0.05) is 15.7 Å². The maximum absolute atomic E-state index is 13.6. The first-order valence-corrected chi connectivity index (χ1v) is 12.8. The standard InChI is InChI=1S/C26H20ClN3O3S2/c1-32-22-12-7-16(14-23(22)33-2)13-19-21(15-34-18-10-8-17(27)9-11-18)29-30(25(19)31)26-28-20-5-3-4-6-24(20)35-26/h3-14H,15H2,1-2H3. The van der Waals surface area contributed by atoms with Crippen molar-refractivity contribution < 1.29 is 14.3 Å². The van der Waals surface area contributed by atoms with Crippen molar-refractivity contribution in [2.75, 3.05) is 25.0 Å². The van der Waals surface area contributed by atoms with E-state index in [1.54, 1.807) is 26.0 Å². The number of hydrogen-bond donors (Lipinski definition) is 0. The number of methoxy groups -OCH3 is 2. The van der Waals surface area contributed by atoms with Gasteiger partial charge in [-0.1, -0.05) is 41.1 Å². The zero-order chi connectivity index (χ0) is 24.4. The summed E-state index contributed by atoms with van der Waals surface area (Å²) in [4.78, 5) is 19.2. The molecule has 1 aliphatic rings. The second kappa shape index (κ2) is 10.1.